The Kier molecular flexibility index (Phi) is 4.91. The summed E-state index contributed by atoms with van der Waals surface area (Å²) in [5.41, 5.74) is 1.12. The van der Waals surface area contributed by atoms with Crippen LogP contribution in [-0.4, -0.2) is 49.0 Å². The fourth-order valence-corrected chi connectivity index (χ4v) is 3.28. The molecule has 21 heavy (non-hydrogen) atoms. The van der Waals surface area contributed by atoms with E-state index in [4.69, 9.17) is 9.47 Å². The molecule has 0 amide bonds. The lowest BCUT2D eigenvalue weighted by Crippen LogP contribution is -2.37. The smallest absolute Gasteiger partial charge is 0.195 e. The molecule has 3 rings (SSSR count). The maximum absolute atomic E-state index is 9.55. The van der Waals surface area contributed by atoms with Gasteiger partial charge in [0.05, 0.1) is 19.3 Å². The van der Waals surface area contributed by atoms with Crippen molar-refractivity contribution in [2.24, 2.45) is 0 Å². The van der Waals surface area contributed by atoms with Gasteiger partial charge >= 0.3 is 0 Å². The lowest BCUT2D eigenvalue weighted by atomic mass is 10.00. The van der Waals surface area contributed by atoms with Crippen molar-refractivity contribution in [3.8, 4) is 0 Å². The topological polar surface area (TPSA) is 41.9 Å². The van der Waals surface area contributed by atoms with Crippen molar-refractivity contribution in [2.45, 2.75) is 37.6 Å². The molecule has 2 heterocycles. The summed E-state index contributed by atoms with van der Waals surface area (Å²) in [5, 5.41) is 9.55. The van der Waals surface area contributed by atoms with Crippen LogP contribution >= 0.6 is 0 Å². The van der Waals surface area contributed by atoms with Gasteiger partial charge in [-0.05, 0) is 25.8 Å². The number of hydrogen-bond acceptors (Lipinski definition) is 4. The third-order valence-corrected chi connectivity index (χ3v) is 4.50. The monoisotopic (exact) mass is 291 g/mol. The first kappa shape index (κ1) is 15.0. The van der Waals surface area contributed by atoms with Crippen LogP contribution in [0.1, 0.15) is 31.2 Å². The Morgan fingerprint density at radius 3 is 2.43 bits per heavy atom. The van der Waals surface area contributed by atoms with Crippen LogP contribution in [0.2, 0.25) is 0 Å². The van der Waals surface area contributed by atoms with Crippen LogP contribution < -0.4 is 0 Å². The Morgan fingerprint density at radius 1 is 1.10 bits per heavy atom. The SMILES string of the molecule is OC1CCN(CCCC2(c3ccccc3)OCCO2)CC1. The van der Waals surface area contributed by atoms with Crippen molar-refractivity contribution >= 4 is 0 Å². The predicted octanol–water partition coefficient (Wildman–Crippen LogP) is 2.12. The molecule has 0 saturated carbocycles. The Hall–Kier alpha value is -0.940. The van der Waals surface area contributed by atoms with E-state index in [1.807, 2.05) is 18.2 Å². The highest BCUT2D eigenvalue weighted by Crippen LogP contribution is 2.35. The van der Waals surface area contributed by atoms with Crippen molar-refractivity contribution in [1.82, 2.24) is 4.90 Å². The zero-order valence-corrected chi connectivity index (χ0v) is 12.5. The Labute approximate surface area is 126 Å². The van der Waals surface area contributed by atoms with Crippen molar-refractivity contribution in [1.29, 1.82) is 0 Å². The summed E-state index contributed by atoms with van der Waals surface area (Å²) < 4.78 is 11.9. The number of piperidine rings is 1. The van der Waals surface area contributed by atoms with Crippen LogP contribution in [-0.2, 0) is 15.3 Å². The van der Waals surface area contributed by atoms with Crippen LogP contribution in [0, 0.1) is 0 Å². The largest absolute Gasteiger partial charge is 0.393 e. The van der Waals surface area contributed by atoms with Crippen molar-refractivity contribution in [3.63, 3.8) is 0 Å². The summed E-state index contributed by atoms with van der Waals surface area (Å²) in [6, 6.07) is 10.3. The molecule has 4 heteroatoms. The summed E-state index contributed by atoms with van der Waals surface area (Å²) in [6.07, 6.45) is 3.63. The lowest BCUT2D eigenvalue weighted by molar-refractivity contribution is -0.172. The number of hydrogen-bond donors (Lipinski definition) is 1. The van der Waals surface area contributed by atoms with Crippen LogP contribution in [0.3, 0.4) is 0 Å². The van der Waals surface area contributed by atoms with Crippen molar-refractivity contribution in [3.05, 3.63) is 35.9 Å². The van der Waals surface area contributed by atoms with Gasteiger partial charge in [0.25, 0.3) is 0 Å². The van der Waals surface area contributed by atoms with Crippen LogP contribution in [0.15, 0.2) is 30.3 Å². The zero-order chi connectivity index (χ0) is 14.5. The molecule has 4 nitrogen and oxygen atoms in total. The normalized spacial score (nSPS) is 23.5. The maximum Gasteiger partial charge on any atom is 0.195 e. The molecule has 1 N–H and O–H groups in total. The molecule has 2 saturated heterocycles. The summed E-state index contributed by atoms with van der Waals surface area (Å²) in [5.74, 6) is -0.545. The Morgan fingerprint density at radius 2 is 1.76 bits per heavy atom. The molecular weight excluding hydrogens is 266 g/mol. The molecule has 0 unspecified atom stereocenters. The molecule has 116 valence electrons. The van der Waals surface area contributed by atoms with Gasteiger partial charge in [0.2, 0.25) is 0 Å². The van der Waals surface area contributed by atoms with Gasteiger partial charge in [0.15, 0.2) is 5.79 Å². The van der Waals surface area contributed by atoms with E-state index in [1.54, 1.807) is 0 Å². The fourth-order valence-electron chi connectivity index (χ4n) is 3.28. The Bertz CT molecular complexity index is 423. The third-order valence-electron chi connectivity index (χ3n) is 4.50. The van der Waals surface area contributed by atoms with Crippen LogP contribution in [0.5, 0.6) is 0 Å². The quantitative estimate of drug-likeness (QED) is 0.902. The standard InChI is InChI=1S/C17H25NO3/c19-16-7-11-18(12-8-16)10-4-9-17(20-13-14-21-17)15-5-2-1-3-6-15/h1-3,5-6,16,19H,4,7-14H2. The molecule has 0 atom stereocenters. The van der Waals surface area contributed by atoms with Gasteiger partial charge in [-0.25, -0.2) is 0 Å². The maximum atomic E-state index is 9.55. The van der Waals surface area contributed by atoms with E-state index in [2.05, 4.69) is 17.0 Å². The van der Waals surface area contributed by atoms with Crippen molar-refractivity contribution in [2.75, 3.05) is 32.8 Å². The lowest BCUT2D eigenvalue weighted by Gasteiger charge is -2.32. The highest BCUT2D eigenvalue weighted by atomic mass is 16.7. The molecule has 0 aromatic heterocycles. The first-order chi connectivity index (χ1) is 10.3. The van der Waals surface area contributed by atoms with Crippen molar-refractivity contribution < 1.29 is 14.6 Å². The molecule has 2 aliphatic heterocycles. The molecule has 0 spiro atoms. The second kappa shape index (κ2) is 6.88. The third kappa shape index (κ3) is 3.64. The molecule has 0 bridgehead atoms. The second-order valence-electron chi connectivity index (χ2n) is 5.99. The molecule has 1 aromatic carbocycles. The number of aliphatic hydroxyl groups excluding tert-OH is 1. The first-order valence-corrected chi connectivity index (χ1v) is 8.02. The number of benzene rings is 1. The summed E-state index contributed by atoms with van der Waals surface area (Å²) in [7, 11) is 0. The van der Waals surface area contributed by atoms with E-state index in [0.717, 1.165) is 50.9 Å². The van der Waals surface area contributed by atoms with Gasteiger partial charge in [0.1, 0.15) is 0 Å². The second-order valence-corrected chi connectivity index (χ2v) is 5.99. The van der Waals surface area contributed by atoms with Gasteiger partial charge < -0.3 is 19.5 Å². The highest BCUT2D eigenvalue weighted by molar-refractivity contribution is 5.20. The number of likely N-dealkylation sites (tertiary alicyclic amines) is 1. The average Bonchev–Trinajstić information content (AvgIpc) is 3.00. The minimum Gasteiger partial charge on any atom is -0.393 e. The van der Waals surface area contributed by atoms with E-state index >= 15 is 0 Å². The van der Waals surface area contributed by atoms with Gasteiger partial charge in [-0.1, -0.05) is 30.3 Å². The van der Waals surface area contributed by atoms with Crippen LogP contribution in [0.4, 0.5) is 0 Å². The van der Waals surface area contributed by atoms with E-state index in [1.165, 1.54) is 0 Å². The number of nitrogens with zero attached hydrogens (tertiary/aromatic N) is 1. The predicted molar refractivity (Wildman–Crippen MR) is 80.9 cm³/mol. The fraction of sp³-hybridized carbons (Fsp3) is 0.647. The number of aliphatic hydroxyl groups is 1. The summed E-state index contributed by atoms with van der Waals surface area (Å²) in [4.78, 5) is 2.43. The number of ether oxygens (including phenoxy) is 2. The highest BCUT2D eigenvalue weighted by Gasteiger charge is 2.37. The van der Waals surface area contributed by atoms with Gasteiger partial charge in [-0.3, -0.25) is 0 Å². The summed E-state index contributed by atoms with van der Waals surface area (Å²) in [6.45, 7) is 4.39. The minimum absolute atomic E-state index is 0.0987. The van der Waals surface area contributed by atoms with E-state index in [-0.39, 0.29) is 6.10 Å². The van der Waals surface area contributed by atoms with E-state index in [9.17, 15) is 5.11 Å². The van der Waals surface area contributed by atoms with Gasteiger partial charge in [0, 0.05) is 25.1 Å². The molecule has 2 fully saturated rings. The number of rotatable bonds is 5. The van der Waals surface area contributed by atoms with Gasteiger partial charge in [-0.2, -0.15) is 0 Å². The molecule has 2 aliphatic rings. The molecule has 1 aromatic rings. The molecule has 0 aliphatic carbocycles. The van der Waals surface area contributed by atoms with E-state index < -0.39 is 5.79 Å². The zero-order valence-electron chi connectivity index (χ0n) is 12.5. The van der Waals surface area contributed by atoms with Gasteiger partial charge in [-0.15, -0.1) is 0 Å². The van der Waals surface area contributed by atoms with Crippen LogP contribution in [0.25, 0.3) is 0 Å². The van der Waals surface area contributed by atoms with E-state index in [0.29, 0.717) is 13.2 Å². The summed E-state index contributed by atoms with van der Waals surface area (Å²) >= 11 is 0. The molecular formula is C17H25NO3. The first-order valence-electron chi connectivity index (χ1n) is 8.02. The molecule has 0 radical (unpaired) electrons. The minimum atomic E-state index is -0.545. The average molecular weight is 291 g/mol. The Balaban J connectivity index is 1.54.